The third kappa shape index (κ3) is 8.18. The summed E-state index contributed by atoms with van der Waals surface area (Å²) in [5.41, 5.74) is 0.542. The van der Waals surface area contributed by atoms with E-state index in [2.05, 4.69) is 0 Å². The van der Waals surface area contributed by atoms with E-state index >= 15 is 0 Å². The topological polar surface area (TPSA) is 68.3 Å². The molecule has 0 N–H and O–H groups in total. The van der Waals surface area contributed by atoms with E-state index in [-0.39, 0.29) is 42.8 Å². The number of carbonyl (C=O) groups is 2. The Hall–Kier alpha value is -3.13. The van der Waals surface area contributed by atoms with Gasteiger partial charge in [0.2, 0.25) is 5.91 Å². The number of fused-ring (bicyclic) bond motifs is 2. The van der Waals surface area contributed by atoms with Gasteiger partial charge in [0.15, 0.2) is 11.6 Å². The Morgan fingerprint density at radius 2 is 1.69 bits per heavy atom. The third-order valence-corrected chi connectivity index (χ3v) is 7.42. The summed E-state index contributed by atoms with van der Waals surface area (Å²) in [5, 5.41) is 0. The van der Waals surface area contributed by atoms with Gasteiger partial charge in [0.25, 0.3) is 5.91 Å². The molecule has 212 valence electrons. The van der Waals surface area contributed by atoms with E-state index < -0.39 is 5.82 Å². The van der Waals surface area contributed by atoms with Crippen molar-refractivity contribution in [3.05, 3.63) is 59.9 Å². The number of halogens is 1. The summed E-state index contributed by atoms with van der Waals surface area (Å²) >= 11 is 0. The summed E-state index contributed by atoms with van der Waals surface area (Å²) < 4.78 is 31.9. The zero-order chi connectivity index (χ0) is 27.5. The first-order valence-corrected chi connectivity index (χ1v) is 14.4. The minimum Gasteiger partial charge on any atom is -0.491 e. The monoisotopic (exact) mass is 540 g/mol. The van der Waals surface area contributed by atoms with Crippen LogP contribution in [0.2, 0.25) is 0 Å². The molecule has 2 aromatic carbocycles. The molecule has 0 saturated carbocycles. The molecular weight excluding hydrogens is 499 g/mol. The van der Waals surface area contributed by atoms with Gasteiger partial charge < -0.3 is 24.0 Å². The van der Waals surface area contributed by atoms with Crippen LogP contribution in [-0.2, 0) is 9.53 Å². The van der Waals surface area contributed by atoms with Crippen molar-refractivity contribution in [3.8, 4) is 11.5 Å². The summed E-state index contributed by atoms with van der Waals surface area (Å²) in [6.45, 7) is 5.09. The smallest absolute Gasteiger partial charge is 0.257 e. The molecule has 1 saturated heterocycles. The number of benzene rings is 2. The number of hydrogen-bond acceptors (Lipinski definition) is 5. The molecule has 0 spiro atoms. The quantitative estimate of drug-likeness (QED) is 0.454. The molecule has 2 aliphatic rings. The van der Waals surface area contributed by atoms with E-state index in [4.69, 9.17) is 14.2 Å². The van der Waals surface area contributed by atoms with Gasteiger partial charge in [-0.1, -0.05) is 49.9 Å². The molecule has 2 aliphatic heterocycles. The van der Waals surface area contributed by atoms with E-state index in [1.165, 1.54) is 6.07 Å². The van der Waals surface area contributed by atoms with E-state index in [0.29, 0.717) is 44.0 Å². The predicted molar refractivity (Wildman–Crippen MR) is 148 cm³/mol. The summed E-state index contributed by atoms with van der Waals surface area (Å²) in [5.74, 6) is 0.265. The lowest BCUT2D eigenvalue weighted by molar-refractivity contribution is -0.131. The van der Waals surface area contributed by atoms with E-state index in [1.54, 1.807) is 23.1 Å². The maximum atomic E-state index is 13.8. The highest BCUT2D eigenvalue weighted by Gasteiger charge is 2.38. The number of carbonyl (C=O) groups excluding carboxylic acids is 2. The van der Waals surface area contributed by atoms with Gasteiger partial charge in [-0.15, -0.1) is 0 Å². The van der Waals surface area contributed by atoms with Crippen LogP contribution in [0, 0.1) is 5.82 Å². The number of ether oxygens (including phenoxy) is 3. The van der Waals surface area contributed by atoms with Gasteiger partial charge in [-0.2, -0.15) is 0 Å². The molecule has 4 rings (SSSR count). The second-order valence-corrected chi connectivity index (χ2v) is 10.2. The Morgan fingerprint density at radius 3 is 2.51 bits per heavy atom. The Kier molecular flexibility index (Phi) is 11.0. The fraction of sp³-hybridized carbons (Fsp3) is 0.548. The predicted octanol–water partition coefficient (Wildman–Crippen LogP) is 5.48. The van der Waals surface area contributed by atoms with Crippen LogP contribution in [0.1, 0.15) is 68.6 Å². The van der Waals surface area contributed by atoms with E-state index in [1.807, 2.05) is 36.1 Å². The van der Waals surface area contributed by atoms with Crippen molar-refractivity contribution >= 4 is 11.8 Å². The highest BCUT2D eigenvalue weighted by Crippen LogP contribution is 2.27. The lowest BCUT2D eigenvalue weighted by Crippen LogP contribution is -2.35. The van der Waals surface area contributed by atoms with Gasteiger partial charge in [-0.3, -0.25) is 9.59 Å². The molecule has 2 amide bonds. The van der Waals surface area contributed by atoms with Gasteiger partial charge >= 0.3 is 0 Å². The molecular formula is C31H41FN2O5. The van der Waals surface area contributed by atoms with Crippen LogP contribution < -0.4 is 9.47 Å². The Balaban J connectivity index is 1.41. The SMILES string of the molecule is CCN1CCCCCCCCO[C@@H]2CN(C(=O)CCCOc3ccccc3F)C[C@H]2Oc2ccccc2C1=O. The van der Waals surface area contributed by atoms with Gasteiger partial charge in [-0.25, -0.2) is 4.39 Å². The standard InChI is InChI=1S/C31H41FN2O5/c1-2-33-19-11-5-3-4-6-12-20-38-28-22-34(23-29(28)39-26-16-9-7-14-24(26)31(33)36)30(35)18-13-21-37-27-17-10-8-15-25(27)32/h7-10,14-17,28-29H,2-6,11-13,18-23H2,1H3/t28-,29-/m1/s1. The molecule has 0 radical (unpaired) electrons. The largest absolute Gasteiger partial charge is 0.491 e. The summed E-state index contributed by atoms with van der Waals surface area (Å²) in [6, 6.07) is 13.6. The van der Waals surface area contributed by atoms with Crippen molar-refractivity contribution in [1.29, 1.82) is 0 Å². The second-order valence-electron chi connectivity index (χ2n) is 10.2. The molecule has 2 atom stereocenters. The van der Waals surface area contributed by atoms with Crippen LogP contribution >= 0.6 is 0 Å². The van der Waals surface area contributed by atoms with Gasteiger partial charge in [0.05, 0.1) is 25.3 Å². The van der Waals surface area contributed by atoms with Gasteiger partial charge in [-0.05, 0) is 50.5 Å². The highest BCUT2D eigenvalue weighted by molar-refractivity contribution is 5.97. The molecule has 0 bridgehead atoms. The average Bonchev–Trinajstić information content (AvgIpc) is 3.35. The Bertz CT molecular complexity index is 1080. The molecule has 2 heterocycles. The van der Waals surface area contributed by atoms with Crippen LogP contribution in [0.25, 0.3) is 0 Å². The van der Waals surface area contributed by atoms with Crippen molar-refractivity contribution in [2.75, 3.05) is 39.4 Å². The zero-order valence-electron chi connectivity index (χ0n) is 23.0. The molecule has 0 aromatic heterocycles. The zero-order valence-corrected chi connectivity index (χ0v) is 23.0. The first-order valence-electron chi connectivity index (χ1n) is 14.4. The van der Waals surface area contributed by atoms with Crippen molar-refractivity contribution in [3.63, 3.8) is 0 Å². The number of nitrogens with zero attached hydrogens (tertiary/aromatic N) is 2. The third-order valence-electron chi connectivity index (χ3n) is 7.42. The minimum absolute atomic E-state index is 0.0146. The van der Waals surface area contributed by atoms with E-state index in [0.717, 1.165) is 45.1 Å². The number of para-hydroxylation sites is 2. The fourth-order valence-corrected chi connectivity index (χ4v) is 5.18. The summed E-state index contributed by atoms with van der Waals surface area (Å²) in [4.78, 5) is 30.1. The normalized spacial score (nSPS) is 21.1. The Morgan fingerprint density at radius 1 is 0.974 bits per heavy atom. The molecule has 39 heavy (non-hydrogen) atoms. The average molecular weight is 541 g/mol. The maximum absolute atomic E-state index is 13.8. The number of hydrogen-bond donors (Lipinski definition) is 0. The molecule has 2 aromatic rings. The van der Waals surface area contributed by atoms with Crippen LogP contribution in [0.5, 0.6) is 11.5 Å². The van der Waals surface area contributed by atoms with Crippen molar-refractivity contribution in [2.45, 2.75) is 70.5 Å². The Labute approximate surface area is 231 Å². The van der Waals surface area contributed by atoms with Gasteiger partial charge in [0, 0.05) is 26.1 Å². The van der Waals surface area contributed by atoms with Crippen LogP contribution in [0.3, 0.4) is 0 Å². The van der Waals surface area contributed by atoms with Crippen LogP contribution in [0.4, 0.5) is 4.39 Å². The molecule has 8 heteroatoms. The number of amides is 2. The van der Waals surface area contributed by atoms with Crippen molar-refractivity contribution in [1.82, 2.24) is 9.80 Å². The van der Waals surface area contributed by atoms with Crippen molar-refractivity contribution in [2.24, 2.45) is 0 Å². The highest BCUT2D eigenvalue weighted by atomic mass is 19.1. The first-order chi connectivity index (χ1) is 19.1. The lowest BCUT2D eigenvalue weighted by Gasteiger charge is -2.25. The molecule has 0 unspecified atom stereocenters. The molecule has 1 fully saturated rings. The summed E-state index contributed by atoms with van der Waals surface area (Å²) in [7, 11) is 0. The second kappa shape index (κ2) is 14.9. The van der Waals surface area contributed by atoms with Crippen molar-refractivity contribution < 1.29 is 28.2 Å². The summed E-state index contributed by atoms with van der Waals surface area (Å²) in [6.07, 6.45) is 6.59. The lowest BCUT2D eigenvalue weighted by atomic mass is 10.1. The maximum Gasteiger partial charge on any atom is 0.257 e. The van der Waals surface area contributed by atoms with E-state index in [9.17, 15) is 14.0 Å². The van der Waals surface area contributed by atoms with Crippen LogP contribution in [0.15, 0.2) is 48.5 Å². The van der Waals surface area contributed by atoms with Gasteiger partial charge in [0.1, 0.15) is 18.0 Å². The minimum atomic E-state index is -0.411. The molecule has 7 nitrogen and oxygen atoms in total. The first kappa shape index (κ1) is 28.9. The molecule has 0 aliphatic carbocycles. The fourth-order valence-electron chi connectivity index (χ4n) is 5.18. The van der Waals surface area contributed by atoms with Crippen LogP contribution in [-0.4, -0.2) is 73.2 Å². The number of likely N-dealkylation sites (tertiary alicyclic amines) is 1. The number of rotatable bonds is 6.